The Morgan fingerprint density at radius 3 is 2.44 bits per heavy atom. The third-order valence-electron chi connectivity index (χ3n) is 12.2. The first-order valence-electron chi connectivity index (χ1n) is 19.1. The van der Waals surface area contributed by atoms with Gasteiger partial charge in [0.15, 0.2) is 0 Å². The zero-order valence-electron chi connectivity index (χ0n) is 32.8. The molecule has 57 heavy (non-hydrogen) atoms. The highest BCUT2D eigenvalue weighted by Gasteiger charge is 2.64. The smallest absolute Gasteiger partial charge is 0.411 e. The minimum atomic E-state index is -5.09. The topological polar surface area (TPSA) is 185 Å². The van der Waals surface area contributed by atoms with Crippen molar-refractivity contribution in [3.63, 3.8) is 0 Å². The number of hydrogen-bond acceptors (Lipinski definition) is 9. The van der Waals surface area contributed by atoms with E-state index in [1.807, 2.05) is 6.92 Å². The predicted octanol–water partition coefficient (Wildman–Crippen LogP) is 5.17. The van der Waals surface area contributed by atoms with Crippen LogP contribution in [0.4, 0.5) is 18.0 Å². The molecule has 4 amide bonds. The number of carbonyl (C=O) groups excluding carboxylic acids is 3. The molecule has 0 unspecified atom stereocenters. The molecule has 0 radical (unpaired) electrons. The molecule has 312 valence electrons. The van der Waals surface area contributed by atoms with E-state index in [0.29, 0.717) is 50.3 Å². The molecule has 18 heteroatoms. The summed E-state index contributed by atoms with van der Waals surface area (Å²) in [7, 11) is -2.70. The van der Waals surface area contributed by atoms with Crippen molar-refractivity contribution >= 4 is 44.6 Å². The molecule has 14 nitrogen and oxygen atoms in total. The lowest BCUT2D eigenvalue weighted by Gasteiger charge is -2.45. The Morgan fingerprint density at radius 1 is 1.12 bits per heavy atom. The molecule has 1 aromatic carbocycles. The number of methoxy groups -OCH3 is 1. The van der Waals surface area contributed by atoms with Gasteiger partial charge in [0.05, 0.1) is 18.4 Å². The number of nitrogens with zero attached hydrogens (tertiary/aromatic N) is 3. The van der Waals surface area contributed by atoms with Crippen molar-refractivity contribution in [3.8, 4) is 11.8 Å². The van der Waals surface area contributed by atoms with Crippen molar-refractivity contribution < 1.29 is 55.3 Å². The molecule has 0 bridgehead atoms. The second-order valence-corrected chi connectivity index (χ2v) is 19.0. The summed E-state index contributed by atoms with van der Waals surface area (Å²) in [6.07, 6.45) is -2.86. The van der Waals surface area contributed by atoms with Gasteiger partial charge in [0.25, 0.3) is 5.91 Å². The van der Waals surface area contributed by atoms with E-state index in [4.69, 9.17) is 9.47 Å². The summed E-state index contributed by atoms with van der Waals surface area (Å²) in [4.78, 5) is 62.0. The quantitative estimate of drug-likeness (QED) is 0.301. The van der Waals surface area contributed by atoms with E-state index < -0.39 is 85.9 Å². The van der Waals surface area contributed by atoms with Crippen LogP contribution in [0.15, 0.2) is 42.5 Å². The molecular formula is C39H50F3N5O9S. The predicted molar refractivity (Wildman–Crippen MR) is 202 cm³/mol. The fraction of sp³-hybridized carbons (Fsp3) is 0.615. The first-order chi connectivity index (χ1) is 26.5. The number of hydrogen-bond donors (Lipinski definition) is 3. The molecule has 0 spiro atoms. The lowest BCUT2D eigenvalue weighted by Crippen LogP contribution is -2.66. The molecule has 4 aliphatic rings. The van der Waals surface area contributed by atoms with Crippen molar-refractivity contribution in [2.24, 2.45) is 17.8 Å². The highest BCUT2D eigenvalue weighted by molar-refractivity contribution is 7.91. The van der Waals surface area contributed by atoms with Gasteiger partial charge in [-0.1, -0.05) is 44.2 Å². The molecule has 2 aliphatic carbocycles. The number of nitrogens with one attached hydrogen (secondary N) is 2. The summed E-state index contributed by atoms with van der Waals surface area (Å²) in [6.45, 7) is 5.91. The molecule has 2 aromatic rings. The van der Waals surface area contributed by atoms with E-state index in [1.54, 1.807) is 42.5 Å². The normalized spacial score (nSPS) is 29.2. The number of benzene rings is 1. The van der Waals surface area contributed by atoms with Gasteiger partial charge in [-0.2, -0.15) is 18.2 Å². The van der Waals surface area contributed by atoms with E-state index in [1.165, 1.54) is 21.0 Å². The van der Waals surface area contributed by atoms with Crippen molar-refractivity contribution in [3.05, 3.63) is 42.5 Å². The zero-order chi connectivity index (χ0) is 41.9. The Labute approximate surface area is 329 Å². The highest BCUT2D eigenvalue weighted by atomic mass is 32.2. The van der Waals surface area contributed by atoms with E-state index >= 15 is 0 Å². The van der Waals surface area contributed by atoms with Crippen LogP contribution < -0.4 is 19.5 Å². The van der Waals surface area contributed by atoms with Gasteiger partial charge in [0, 0.05) is 23.8 Å². The maximum Gasteiger partial charge on any atom is 0.411 e. The van der Waals surface area contributed by atoms with Crippen LogP contribution in [0.1, 0.15) is 79.6 Å². The van der Waals surface area contributed by atoms with Gasteiger partial charge in [-0.25, -0.2) is 13.2 Å². The summed E-state index contributed by atoms with van der Waals surface area (Å²) in [5, 5.41) is 14.4. The minimum Gasteiger partial charge on any atom is -0.481 e. The molecule has 1 saturated heterocycles. The fourth-order valence-electron chi connectivity index (χ4n) is 8.08. The van der Waals surface area contributed by atoms with Crippen LogP contribution in [-0.4, -0.2) is 106 Å². The summed E-state index contributed by atoms with van der Waals surface area (Å²) in [5.74, 6) is -4.32. The Balaban J connectivity index is 1.43. The number of amides is 4. The van der Waals surface area contributed by atoms with E-state index in [-0.39, 0.29) is 48.4 Å². The zero-order valence-corrected chi connectivity index (χ0v) is 33.6. The molecule has 1 aromatic heterocycles. The number of fused-ring (bicyclic) bond motifs is 3. The molecule has 6 rings (SSSR count). The van der Waals surface area contributed by atoms with Gasteiger partial charge in [0.1, 0.15) is 29.3 Å². The SMILES string of the molecule is COc1cc2ccccc2c(O[C@@H]2C[C@H]3C(=O)N[C@]4(C(=O)NS(=O)(=O)C5(C)CC5)C[C@H]4C=CCC[C@@H](C)C[C@@H](C)[C@H](N(C(=O)O)C(C)(C)C(F)(F)F)C(=O)N3C2)n1. The van der Waals surface area contributed by atoms with Gasteiger partial charge < -0.3 is 24.8 Å². The lowest BCUT2D eigenvalue weighted by molar-refractivity contribution is -0.222. The average Bonchev–Trinajstić information content (AvgIpc) is 4.01. The number of alkyl halides is 3. The lowest BCUT2D eigenvalue weighted by atomic mass is 9.85. The number of pyridine rings is 1. The van der Waals surface area contributed by atoms with Crippen LogP contribution in [-0.2, 0) is 24.4 Å². The van der Waals surface area contributed by atoms with Gasteiger partial charge in [-0.3, -0.25) is 24.0 Å². The number of ether oxygens (including phenoxy) is 2. The van der Waals surface area contributed by atoms with Crippen LogP contribution in [0.25, 0.3) is 10.8 Å². The molecule has 3 fully saturated rings. The van der Waals surface area contributed by atoms with Crippen LogP contribution in [0.3, 0.4) is 0 Å². The summed E-state index contributed by atoms with van der Waals surface area (Å²) < 4.78 is 83.2. The average molecular weight is 822 g/mol. The van der Waals surface area contributed by atoms with Crippen molar-refractivity contribution in [1.29, 1.82) is 0 Å². The second kappa shape index (κ2) is 15.0. The Kier molecular flexibility index (Phi) is 11.0. The molecule has 2 aliphatic heterocycles. The van der Waals surface area contributed by atoms with E-state index in [9.17, 15) is 45.9 Å². The molecule has 2 saturated carbocycles. The second-order valence-electron chi connectivity index (χ2n) is 16.8. The number of carbonyl (C=O) groups is 4. The number of allylic oxidation sites excluding steroid dienone is 1. The van der Waals surface area contributed by atoms with Gasteiger partial charge in [-0.05, 0) is 82.6 Å². The maximum atomic E-state index is 15.0. The van der Waals surface area contributed by atoms with Gasteiger partial charge >= 0.3 is 12.3 Å². The monoisotopic (exact) mass is 821 g/mol. The van der Waals surface area contributed by atoms with Gasteiger partial charge in [0.2, 0.25) is 33.6 Å². The summed E-state index contributed by atoms with van der Waals surface area (Å²) in [6, 6.07) is 5.39. The van der Waals surface area contributed by atoms with E-state index in [2.05, 4.69) is 15.0 Å². The highest BCUT2D eigenvalue weighted by Crippen LogP contribution is 2.48. The summed E-state index contributed by atoms with van der Waals surface area (Å²) >= 11 is 0. The first-order valence-corrected chi connectivity index (χ1v) is 20.6. The number of carboxylic acid groups (broad SMARTS) is 1. The van der Waals surface area contributed by atoms with Crippen LogP contribution in [0, 0.1) is 17.8 Å². The third-order valence-corrected chi connectivity index (χ3v) is 14.3. The maximum absolute atomic E-state index is 15.0. The first kappa shape index (κ1) is 42.0. The Morgan fingerprint density at radius 2 is 1.81 bits per heavy atom. The Hall–Kier alpha value is -4.61. The van der Waals surface area contributed by atoms with Crippen LogP contribution >= 0.6 is 0 Å². The molecule has 7 atom stereocenters. The van der Waals surface area contributed by atoms with Gasteiger partial charge in [-0.15, -0.1) is 0 Å². The number of rotatable bonds is 8. The minimum absolute atomic E-state index is 0.0510. The fourth-order valence-corrected chi connectivity index (χ4v) is 9.39. The summed E-state index contributed by atoms with van der Waals surface area (Å²) in [5.41, 5.74) is -4.75. The molecule has 3 N–H and O–H groups in total. The number of halogens is 3. The standard InChI is InChI=1S/C39H50F3N5O9S/c1-22-11-7-9-13-25-20-38(25,34(50)45-57(53,54)37(5)15-16-37)44-31(48)28-19-26(56-32-27-14-10-8-12-24(27)18-29(43-32)55-6)21-46(28)33(49)30(23(2)17-22)47(35(51)52)36(3,4)39(40,41)42/h8-10,12-14,18,22-23,25-26,28,30H,7,11,15-17,19-21H2,1-6H3,(H,44,48)(H,45,50)(H,51,52)/t22-,23-,25-,26-,28+,30+,38-/m1/s1. The van der Waals surface area contributed by atoms with Crippen molar-refractivity contribution in [2.45, 2.75) is 120 Å². The number of sulfonamides is 1. The van der Waals surface area contributed by atoms with Crippen LogP contribution in [0.5, 0.6) is 11.8 Å². The Bertz CT molecular complexity index is 2070. The van der Waals surface area contributed by atoms with Crippen LogP contribution in [0.2, 0.25) is 0 Å². The molecule has 3 heterocycles. The van der Waals surface area contributed by atoms with E-state index in [0.717, 1.165) is 4.90 Å². The largest absolute Gasteiger partial charge is 0.481 e. The number of aromatic nitrogens is 1. The molecular weight excluding hydrogens is 772 g/mol. The third kappa shape index (κ3) is 7.97. The van der Waals surface area contributed by atoms with Crippen molar-refractivity contribution in [1.82, 2.24) is 24.8 Å². The van der Waals surface area contributed by atoms with Crippen molar-refractivity contribution in [2.75, 3.05) is 13.7 Å².